The highest BCUT2D eigenvalue weighted by molar-refractivity contribution is 5.81. The summed E-state index contributed by atoms with van der Waals surface area (Å²) in [4.78, 5) is 14.0. The second-order valence-corrected chi connectivity index (χ2v) is 4.59. The molecule has 2 N–H and O–H groups in total. The molecule has 1 aromatic rings. The monoisotopic (exact) mass is 248 g/mol. The molecule has 0 heterocycles. The third kappa shape index (κ3) is 4.49. The van der Waals surface area contributed by atoms with Crippen LogP contribution in [0.25, 0.3) is 0 Å². The summed E-state index contributed by atoms with van der Waals surface area (Å²) in [6.45, 7) is 5.45. The molecule has 1 rings (SSSR count). The van der Waals surface area contributed by atoms with Gasteiger partial charge in [-0.2, -0.15) is 0 Å². The van der Waals surface area contributed by atoms with E-state index in [2.05, 4.69) is 6.92 Å². The van der Waals surface area contributed by atoms with E-state index < -0.39 is 0 Å². The van der Waals surface area contributed by atoms with Crippen molar-refractivity contribution in [1.29, 1.82) is 0 Å². The molecule has 18 heavy (non-hydrogen) atoms. The third-order valence-corrected chi connectivity index (χ3v) is 3.10. The Hall–Kier alpha value is -1.35. The van der Waals surface area contributed by atoms with Crippen LogP contribution in [0, 0.1) is 0 Å². The van der Waals surface area contributed by atoms with E-state index in [0.29, 0.717) is 13.1 Å². The van der Waals surface area contributed by atoms with E-state index in [9.17, 15) is 4.79 Å². The van der Waals surface area contributed by atoms with Gasteiger partial charge in [0, 0.05) is 13.1 Å². The molecule has 3 nitrogen and oxygen atoms in total. The van der Waals surface area contributed by atoms with Gasteiger partial charge in [0.25, 0.3) is 0 Å². The van der Waals surface area contributed by atoms with Crippen molar-refractivity contribution in [2.75, 3.05) is 6.54 Å². The molecule has 0 aromatic heterocycles. The highest BCUT2D eigenvalue weighted by Crippen LogP contribution is 2.08. The van der Waals surface area contributed by atoms with Gasteiger partial charge in [-0.3, -0.25) is 4.79 Å². The number of carbonyl (C=O) groups excluding carboxylic acids is 1. The standard InChI is InChI=1S/C15H24N2O/c1-3-5-11-14(16)15(18)17(4-2)12-13-9-7-6-8-10-13/h6-10,14H,3-5,11-12,16H2,1-2H3. The molecule has 0 aliphatic heterocycles. The fraction of sp³-hybridized carbons (Fsp3) is 0.533. The summed E-state index contributed by atoms with van der Waals surface area (Å²) in [5.41, 5.74) is 7.09. The lowest BCUT2D eigenvalue weighted by atomic mass is 10.1. The smallest absolute Gasteiger partial charge is 0.239 e. The van der Waals surface area contributed by atoms with E-state index in [4.69, 9.17) is 5.73 Å². The number of hydrogen-bond acceptors (Lipinski definition) is 2. The van der Waals surface area contributed by atoms with E-state index in [0.717, 1.165) is 24.8 Å². The summed E-state index contributed by atoms with van der Waals surface area (Å²) in [7, 11) is 0. The number of carbonyl (C=O) groups is 1. The molecule has 1 amide bonds. The maximum Gasteiger partial charge on any atom is 0.239 e. The first-order chi connectivity index (χ1) is 8.69. The van der Waals surface area contributed by atoms with Crippen LogP contribution in [-0.2, 0) is 11.3 Å². The fourth-order valence-electron chi connectivity index (χ4n) is 1.93. The predicted octanol–water partition coefficient (Wildman–Crippen LogP) is 2.55. The summed E-state index contributed by atoms with van der Waals surface area (Å²) in [6, 6.07) is 9.68. The molecule has 0 radical (unpaired) electrons. The van der Waals surface area contributed by atoms with Gasteiger partial charge in [-0.15, -0.1) is 0 Å². The van der Waals surface area contributed by atoms with Gasteiger partial charge in [0.05, 0.1) is 6.04 Å². The van der Waals surface area contributed by atoms with Gasteiger partial charge in [0.15, 0.2) is 0 Å². The number of rotatable bonds is 7. The normalized spacial score (nSPS) is 12.2. The van der Waals surface area contributed by atoms with Gasteiger partial charge < -0.3 is 10.6 Å². The lowest BCUT2D eigenvalue weighted by molar-refractivity contribution is -0.133. The van der Waals surface area contributed by atoms with Crippen molar-refractivity contribution >= 4 is 5.91 Å². The Morgan fingerprint density at radius 3 is 2.50 bits per heavy atom. The van der Waals surface area contributed by atoms with Crippen molar-refractivity contribution in [1.82, 2.24) is 4.90 Å². The van der Waals surface area contributed by atoms with Crippen molar-refractivity contribution in [2.24, 2.45) is 5.73 Å². The van der Waals surface area contributed by atoms with Gasteiger partial charge in [0.2, 0.25) is 5.91 Å². The number of nitrogens with zero attached hydrogens (tertiary/aromatic N) is 1. The molecule has 100 valence electrons. The van der Waals surface area contributed by atoms with Gasteiger partial charge in [-0.25, -0.2) is 0 Å². The first kappa shape index (κ1) is 14.7. The molecule has 0 bridgehead atoms. The van der Waals surface area contributed by atoms with Crippen LogP contribution in [0.15, 0.2) is 30.3 Å². The molecule has 0 fully saturated rings. The second-order valence-electron chi connectivity index (χ2n) is 4.59. The minimum Gasteiger partial charge on any atom is -0.337 e. The van der Waals surface area contributed by atoms with Crippen LogP contribution in [0.5, 0.6) is 0 Å². The minimum absolute atomic E-state index is 0.0646. The van der Waals surface area contributed by atoms with E-state index >= 15 is 0 Å². The van der Waals surface area contributed by atoms with E-state index in [-0.39, 0.29) is 11.9 Å². The molecule has 3 heteroatoms. The molecular formula is C15H24N2O. The number of benzene rings is 1. The summed E-state index contributed by atoms with van der Waals surface area (Å²) in [6.07, 6.45) is 2.86. The Kier molecular flexibility index (Phi) is 6.44. The molecule has 0 saturated carbocycles. The van der Waals surface area contributed by atoms with Crippen LogP contribution in [0.3, 0.4) is 0 Å². The number of likely N-dealkylation sites (N-methyl/N-ethyl adjacent to an activating group) is 1. The summed E-state index contributed by atoms with van der Waals surface area (Å²) >= 11 is 0. The topological polar surface area (TPSA) is 46.3 Å². The first-order valence-electron chi connectivity index (χ1n) is 6.77. The molecular weight excluding hydrogens is 224 g/mol. The van der Waals surface area contributed by atoms with E-state index in [1.807, 2.05) is 42.2 Å². The number of hydrogen-bond donors (Lipinski definition) is 1. The van der Waals surface area contributed by atoms with Gasteiger partial charge in [0.1, 0.15) is 0 Å². The van der Waals surface area contributed by atoms with Crippen molar-refractivity contribution < 1.29 is 4.79 Å². The van der Waals surface area contributed by atoms with Crippen LogP contribution in [0.4, 0.5) is 0 Å². The van der Waals surface area contributed by atoms with E-state index in [1.54, 1.807) is 0 Å². The van der Waals surface area contributed by atoms with Gasteiger partial charge >= 0.3 is 0 Å². The van der Waals surface area contributed by atoms with Crippen molar-refractivity contribution in [3.63, 3.8) is 0 Å². The van der Waals surface area contributed by atoms with Crippen molar-refractivity contribution in [3.05, 3.63) is 35.9 Å². The number of unbranched alkanes of at least 4 members (excludes halogenated alkanes) is 1. The van der Waals surface area contributed by atoms with E-state index in [1.165, 1.54) is 0 Å². The Bertz CT molecular complexity index is 351. The molecule has 1 atom stereocenters. The SMILES string of the molecule is CCCCC(N)C(=O)N(CC)Cc1ccccc1. The van der Waals surface area contributed by atoms with Crippen molar-refractivity contribution in [3.8, 4) is 0 Å². The average molecular weight is 248 g/mol. The molecule has 0 aliphatic carbocycles. The second kappa shape index (κ2) is 7.88. The summed E-state index contributed by atoms with van der Waals surface area (Å²) in [5, 5.41) is 0. The first-order valence-corrected chi connectivity index (χ1v) is 6.77. The zero-order valence-electron chi connectivity index (χ0n) is 11.4. The van der Waals surface area contributed by atoms with Crippen molar-refractivity contribution in [2.45, 2.75) is 45.7 Å². The Morgan fingerprint density at radius 2 is 1.94 bits per heavy atom. The average Bonchev–Trinajstić information content (AvgIpc) is 2.42. The Balaban J connectivity index is 2.57. The van der Waals surface area contributed by atoms with Crippen LogP contribution >= 0.6 is 0 Å². The maximum atomic E-state index is 12.2. The predicted molar refractivity (Wildman–Crippen MR) is 75.0 cm³/mol. The Morgan fingerprint density at radius 1 is 1.28 bits per heavy atom. The number of nitrogens with two attached hydrogens (primary N) is 1. The molecule has 0 aliphatic rings. The Labute approximate surface area is 110 Å². The van der Waals surface area contributed by atoms with Crippen LogP contribution < -0.4 is 5.73 Å². The van der Waals surface area contributed by atoms with Crippen LogP contribution in [0.1, 0.15) is 38.7 Å². The molecule has 1 aromatic carbocycles. The molecule has 0 spiro atoms. The minimum atomic E-state index is -0.353. The van der Waals surface area contributed by atoms with Crippen LogP contribution in [0.2, 0.25) is 0 Å². The van der Waals surface area contributed by atoms with Crippen LogP contribution in [-0.4, -0.2) is 23.4 Å². The summed E-state index contributed by atoms with van der Waals surface area (Å²) in [5.74, 6) is 0.0646. The molecule has 1 unspecified atom stereocenters. The lowest BCUT2D eigenvalue weighted by Gasteiger charge is -2.24. The maximum absolute atomic E-state index is 12.2. The highest BCUT2D eigenvalue weighted by Gasteiger charge is 2.19. The summed E-state index contributed by atoms with van der Waals surface area (Å²) < 4.78 is 0. The number of amides is 1. The molecule has 0 saturated heterocycles. The largest absolute Gasteiger partial charge is 0.337 e. The quantitative estimate of drug-likeness (QED) is 0.806. The highest BCUT2D eigenvalue weighted by atomic mass is 16.2. The fourth-order valence-corrected chi connectivity index (χ4v) is 1.93. The van der Waals surface area contributed by atoms with Gasteiger partial charge in [-0.1, -0.05) is 50.1 Å². The van der Waals surface area contributed by atoms with Gasteiger partial charge in [-0.05, 0) is 18.9 Å². The third-order valence-electron chi connectivity index (χ3n) is 3.10. The zero-order valence-corrected chi connectivity index (χ0v) is 11.4. The zero-order chi connectivity index (χ0) is 13.4. The lowest BCUT2D eigenvalue weighted by Crippen LogP contribution is -2.43.